The molecule has 3 nitrogen and oxygen atoms in total. The summed E-state index contributed by atoms with van der Waals surface area (Å²) < 4.78 is 0. The zero-order valence-electron chi connectivity index (χ0n) is 13.4. The van der Waals surface area contributed by atoms with Gasteiger partial charge in [0, 0.05) is 24.7 Å². The van der Waals surface area contributed by atoms with E-state index in [4.69, 9.17) is 0 Å². The fourth-order valence-electron chi connectivity index (χ4n) is 3.42. The van der Waals surface area contributed by atoms with Crippen molar-refractivity contribution in [3.8, 4) is 11.3 Å². The molecular formula is C21H20N2O. The topological polar surface area (TPSA) is 45.1 Å². The molecule has 3 aromatic rings. The Kier molecular flexibility index (Phi) is 4.11. The van der Waals surface area contributed by atoms with Gasteiger partial charge in [-0.3, -0.25) is 4.98 Å². The van der Waals surface area contributed by atoms with Gasteiger partial charge in [0.05, 0.1) is 17.8 Å². The third-order valence-electron chi connectivity index (χ3n) is 4.62. The Balaban J connectivity index is 1.51. The van der Waals surface area contributed by atoms with Crippen molar-refractivity contribution in [3.05, 3.63) is 89.6 Å². The summed E-state index contributed by atoms with van der Waals surface area (Å²) in [5.74, 6) is 0. The first kappa shape index (κ1) is 15.1. The van der Waals surface area contributed by atoms with Crippen LogP contribution in [0.2, 0.25) is 0 Å². The van der Waals surface area contributed by atoms with Crippen LogP contribution in [0, 0.1) is 0 Å². The Morgan fingerprint density at radius 2 is 1.88 bits per heavy atom. The predicted octanol–water partition coefficient (Wildman–Crippen LogP) is 3.50. The molecular weight excluding hydrogens is 296 g/mol. The van der Waals surface area contributed by atoms with Gasteiger partial charge in [0.1, 0.15) is 0 Å². The average Bonchev–Trinajstić information content (AvgIpc) is 2.96. The van der Waals surface area contributed by atoms with Gasteiger partial charge >= 0.3 is 0 Å². The second-order valence-electron chi connectivity index (χ2n) is 6.24. The number of aromatic nitrogens is 1. The first-order chi connectivity index (χ1) is 11.8. The number of aliphatic hydroxyl groups excluding tert-OH is 1. The Morgan fingerprint density at radius 3 is 2.75 bits per heavy atom. The van der Waals surface area contributed by atoms with E-state index in [1.807, 2.05) is 36.5 Å². The number of hydrogen-bond acceptors (Lipinski definition) is 3. The Labute approximate surface area is 142 Å². The molecule has 0 fully saturated rings. The third kappa shape index (κ3) is 2.96. The molecule has 0 unspecified atom stereocenters. The summed E-state index contributed by atoms with van der Waals surface area (Å²) >= 11 is 0. The molecule has 1 aromatic heterocycles. The lowest BCUT2D eigenvalue weighted by Gasteiger charge is -2.18. The van der Waals surface area contributed by atoms with Crippen LogP contribution in [0.1, 0.15) is 22.7 Å². The molecule has 0 saturated carbocycles. The van der Waals surface area contributed by atoms with Crippen LogP contribution in [0.15, 0.2) is 72.9 Å². The van der Waals surface area contributed by atoms with Crippen molar-refractivity contribution in [1.29, 1.82) is 0 Å². The molecule has 1 aliphatic rings. The van der Waals surface area contributed by atoms with Crippen molar-refractivity contribution < 1.29 is 5.11 Å². The highest BCUT2D eigenvalue weighted by atomic mass is 16.3. The van der Waals surface area contributed by atoms with Crippen molar-refractivity contribution in [1.82, 2.24) is 10.3 Å². The minimum atomic E-state index is -0.360. The van der Waals surface area contributed by atoms with Gasteiger partial charge in [0.2, 0.25) is 0 Å². The van der Waals surface area contributed by atoms with Crippen molar-refractivity contribution in [2.75, 3.05) is 0 Å². The van der Waals surface area contributed by atoms with Gasteiger partial charge in [-0.2, -0.15) is 0 Å². The molecule has 0 aliphatic heterocycles. The van der Waals surface area contributed by atoms with E-state index in [0.29, 0.717) is 0 Å². The molecule has 1 aliphatic carbocycles. The van der Waals surface area contributed by atoms with Crippen LogP contribution in [0.3, 0.4) is 0 Å². The molecule has 4 rings (SSSR count). The lowest BCUT2D eigenvalue weighted by molar-refractivity contribution is 0.140. The Morgan fingerprint density at radius 1 is 1.00 bits per heavy atom. The van der Waals surface area contributed by atoms with Crippen molar-refractivity contribution in [3.63, 3.8) is 0 Å². The molecule has 0 saturated heterocycles. The van der Waals surface area contributed by atoms with Crippen LogP contribution < -0.4 is 5.32 Å². The normalized spacial score (nSPS) is 19.2. The summed E-state index contributed by atoms with van der Waals surface area (Å²) in [6, 6.07) is 22.6. The zero-order chi connectivity index (χ0) is 16.4. The van der Waals surface area contributed by atoms with E-state index in [2.05, 4.69) is 46.7 Å². The van der Waals surface area contributed by atoms with E-state index < -0.39 is 0 Å². The Bertz CT molecular complexity index is 832. The number of fused-ring (bicyclic) bond motifs is 1. The van der Waals surface area contributed by atoms with Gasteiger partial charge in [-0.1, -0.05) is 48.5 Å². The monoisotopic (exact) mass is 316 g/mol. The third-order valence-corrected chi connectivity index (χ3v) is 4.62. The maximum absolute atomic E-state index is 10.3. The van der Waals surface area contributed by atoms with Crippen LogP contribution in [-0.4, -0.2) is 16.2 Å². The quantitative estimate of drug-likeness (QED) is 0.774. The molecule has 2 atom stereocenters. The fraction of sp³-hybridized carbons (Fsp3) is 0.190. The number of pyridine rings is 1. The summed E-state index contributed by atoms with van der Waals surface area (Å²) in [4.78, 5) is 4.41. The number of rotatable bonds is 4. The Hall–Kier alpha value is -2.49. The number of hydrogen-bond donors (Lipinski definition) is 2. The van der Waals surface area contributed by atoms with Crippen molar-refractivity contribution >= 4 is 0 Å². The number of aliphatic hydroxyl groups is 1. The molecule has 3 heteroatoms. The highest BCUT2D eigenvalue weighted by molar-refractivity contribution is 5.59. The first-order valence-corrected chi connectivity index (χ1v) is 8.31. The van der Waals surface area contributed by atoms with E-state index in [1.165, 1.54) is 16.7 Å². The van der Waals surface area contributed by atoms with E-state index in [0.717, 1.165) is 24.2 Å². The zero-order valence-corrected chi connectivity index (χ0v) is 13.4. The molecule has 2 aromatic carbocycles. The number of benzene rings is 2. The largest absolute Gasteiger partial charge is 0.391 e. The van der Waals surface area contributed by atoms with Gasteiger partial charge < -0.3 is 10.4 Å². The maximum atomic E-state index is 10.3. The van der Waals surface area contributed by atoms with Crippen LogP contribution in [0.4, 0.5) is 0 Å². The van der Waals surface area contributed by atoms with Gasteiger partial charge in [0.15, 0.2) is 0 Å². The van der Waals surface area contributed by atoms with Gasteiger partial charge in [-0.15, -0.1) is 0 Å². The van der Waals surface area contributed by atoms with Crippen molar-refractivity contribution in [2.24, 2.45) is 0 Å². The lowest BCUT2D eigenvalue weighted by atomic mass is 10.1. The summed E-state index contributed by atoms with van der Waals surface area (Å²) in [5, 5.41) is 13.9. The summed E-state index contributed by atoms with van der Waals surface area (Å²) in [7, 11) is 0. The molecule has 120 valence electrons. The minimum Gasteiger partial charge on any atom is -0.391 e. The second kappa shape index (κ2) is 6.56. The van der Waals surface area contributed by atoms with Crippen LogP contribution in [-0.2, 0) is 13.0 Å². The molecule has 2 N–H and O–H groups in total. The van der Waals surface area contributed by atoms with Crippen LogP contribution >= 0.6 is 0 Å². The highest BCUT2D eigenvalue weighted by Crippen LogP contribution is 2.31. The molecule has 0 amide bonds. The van der Waals surface area contributed by atoms with Gasteiger partial charge in [-0.05, 0) is 34.9 Å². The molecule has 1 heterocycles. The molecule has 0 bridgehead atoms. The van der Waals surface area contributed by atoms with E-state index in [1.54, 1.807) is 0 Å². The lowest BCUT2D eigenvalue weighted by Crippen LogP contribution is -2.28. The van der Waals surface area contributed by atoms with Gasteiger partial charge in [-0.25, -0.2) is 0 Å². The second-order valence-corrected chi connectivity index (χ2v) is 6.24. The summed E-state index contributed by atoms with van der Waals surface area (Å²) in [6.45, 7) is 0.719. The summed E-state index contributed by atoms with van der Waals surface area (Å²) in [5.41, 5.74) is 5.73. The molecule has 0 radical (unpaired) electrons. The average molecular weight is 316 g/mol. The number of nitrogens with one attached hydrogen (secondary N) is 1. The van der Waals surface area contributed by atoms with Crippen LogP contribution in [0.25, 0.3) is 11.3 Å². The fourth-order valence-corrected chi connectivity index (χ4v) is 3.42. The van der Waals surface area contributed by atoms with E-state index >= 15 is 0 Å². The maximum Gasteiger partial charge on any atom is 0.0775 e. The van der Waals surface area contributed by atoms with E-state index in [-0.39, 0.29) is 12.1 Å². The smallest absolute Gasteiger partial charge is 0.0775 e. The highest BCUT2D eigenvalue weighted by Gasteiger charge is 2.29. The van der Waals surface area contributed by atoms with Crippen molar-refractivity contribution in [2.45, 2.75) is 25.1 Å². The van der Waals surface area contributed by atoms with E-state index in [9.17, 15) is 5.11 Å². The first-order valence-electron chi connectivity index (χ1n) is 8.31. The minimum absolute atomic E-state index is 0.000272. The summed E-state index contributed by atoms with van der Waals surface area (Å²) in [6.07, 6.45) is 2.18. The predicted molar refractivity (Wildman–Crippen MR) is 95.4 cm³/mol. The van der Waals surface area contributed by atoms with Crippen LogP contribution in [0.5, 0.6) is 0 Å². The molecule has 24 heavy (non-hydrogen) atoms. The van der Waals surface area contributed by atoms with Gasteiger partial charge in [0.25, 0.3) is 0 Å². The SMILES string of the molecule is O[C@@H]1Cc2ccccc2[C@@H]1NCc1cccc(-c2ccccn2)c1. The molecule has 0 spiro atoms. The standard InChI is InChI=1S/C21H20N2O/c24-20-13-16-7-1-2-9-18(16)21(20)23-14-15-6-5-8-17(12-15)19-10-3-4-11-22-19/h1-12,20-21,23-24H,13-14H2/t20-,21+/m1/s1. The number of nitrogens with zero attached hydrogens (tertiary/aromatic N) is 1.